The maximum Gasteiger partial charge on any atom is 0.102 e. The monoisotopic (exact) mass is 160 g/mol. The van der Waals surface area contributed by atoms with Crippen molar-refractivity contribution in [1.82, 2.24) is 9.80 Å². The first kappa shape index (κ1) is 8.94. The molecule has 0 amide bonds. The molecular formula is C8H17FN2. The normalized spacial score (nSPS) is 29.2. The van der Waals surface area contributed by atoms with E-state index in [0.717, 1.165) is 19.6 Å². The Bertz CT molecular complexity index is 119. The second kappa shape index (κ2) is 4.02. The third-order valence-corrected chi connectivity index (χ3v) is 2.44. The molecule has 1 unspecified atom stereocenters. The fourth-order valence-corrected chi connectivity index (χ4v) is 1.45. The Kier molecular flexibility index (Phi) is 3.27. The number of hydrogen-bond acceptors (Lipinski definition) is 2. The first-order valence-corrected chi connectivity index (χ1v) is 4.22. The van der Waals surface area contributed by atoms with Crippen LogP contribution in [0.25, 0.3) is 0 Å². The number of alkyl halides is 1. The molecule has 1 aliphatic rings. The van der Waals surface area contributed by atoms with Gasteiger partial charge in [-0.25, -0.2) is 4.39 Å². The van der Waals surface area contributed by atoms with Crippen molar-refractivity contribution in [2.75, 3.05) is 39.9 Å². The molecule has 1 aliphatic heterocycles. The smallest absolute Gasteiger partial charge is 0.102 e. The molecule has 11 heavy (non-hydrogen) atoms. The molecule has 0 aliphatic carbocycles. The average molecular weight is 160 g/mol. The summed E-state index contributed by atoms with van der Waals surface area (Å²) in [7, 11) is 2.12. The molecule has 1 fully saturated rings. The van der Waals surface area contributed by atoms with Gasteiger partial charge in [-0.05, 0) is 14.0 Å². The second-order valence-electron chi connectivity index (χ2n) is 3.32. The van der Waals surface area contributed by atoms with Gasteiger partial charge in [-0.1, -0.05) is 0 Å². The van der Waals surface area contributed by atoms with Gasteiger partial charge >= 0.3 is 0 Å². The van der Waals surface area contributed by atoms with Gasteiger partial charge in [0.2, 0.25) is 0 Å². The number of hydrogen-bond donors (Lipinski definition) is 0. The molecule has 0 aromatic carbocycles. The zero-order chi connectivity index (χ0) is 8.27. The first-order valence-electron chi connectivity index (χ1n) is 4.22. The van der Waals surface area contributed by atoms with Gasteiger partial charge in [-0.3, -0.25) is 4.90 Å². The Morgan fingerprint density at radius 3 is 2.73 bits per heavy atom. The summed E-state index contributed by atoms with van der Waals surface area (Å²) in [5.74, 6) is 0. The topological polar surface area (TPSA) is 6.48 Å². The summed E-state index contributed by atoms with van der Waals surface area (Å²) in [5.41, 5.74) is 0. The lowest BCUT2D eigenvalue weighted by molar-refractivity contribution is 0.100. The molecule has 2 nitrogen and oxygen atoms in total. The lowest BCUT2D eigenvalue weighted by Gasteiger charge is -2.37. The molecule has 0 saturated carbocycles. The summed E-state index contributed by atoms with van der Waals surface area (Å²) in [6.45, 7) is 5.69. The zero-order valence-corrected chi connectivity index (χ0v) is 7.39. The van der Waals surface area contributed by atoms with Crippen LogP contribution in [0.1, 0.15) is 6.92 Å². The third-order valence-electron chi connectivity index (χ3n) is 2.44. The average Bonchev–Trinajstić information content (AvgIpc) is 1.98. The van der Waals surface area contributed by atoms with Crippen LogP contribution in [0.2, 0.25) is 0 Å². The summed E-state index contributed by atoms with van der Waals surface area (Å²) in [6, 6.07) is 0.579. The predicted molar refractivity (Wildman–Crippen MR) is 44.5 cm³/mol. The van der Waals surface area contributed by atoms with E-state index in [-0.39, 0.29) is 6.67 Å². The van der Waals surface area contributed by atoms with Crippen LogP contribution in [0.15, 0.2) is 0 Å². The highest BCUT2D eigenvalue weighted by molar-refractivity contribution is 4.75. The fourth-order valence-electron chi connectivity index (χ4n) is 1.45. The lowest BCUT2D eigenvalue weighted by atomic mass is 10.2. The van der Waals surface area contributed by atoms with E-state index in [1.165, 1.54) is 0 Å². The van der Waals surface area contributed by atoms with E-state index in [9.17, 15) is 4.39 Å². The maximum absolute atomic E-state index is 11.9. The third kappa shape index (κ3) is 2.42. The van der Waals surface area contributed by atoms with Gasteiger partial charge in [0.15, 0.2) is 0 Å². The number of halogens is 1. The minimum absolute atomic E-state index is 0.212. The van der Waals surface area contributed by atoms with E-state index < -0.39 is 0 Å². The van der Waals surface area contributed by atoms with E-state index >= 15 is 0 Å². The standard InChI is InChI=1S/C8H17FN2/c1-8-7-11(4-3-9)6-5-10(8)2/h8H,3-7H2,1-2H3. The SMILES string of the molecule is CC1CN(CCF)CCN1C. The van der Waals surface area contributed by atoms with E-state index in [0.29, 0.717) is 12.6 Å². The van der Waals surface area contributed by atoms with Crippen LogP contribution in [0.4, 0.5) is 4.39 Å². The van der Waals surface area contributed by atoms with Crippen molar-refractivity contribution in [3.05, 3.63) is 0 Å². The van der Waals surface area contributed by atoms with Gasteiger partial charge in [-0.15, -0.1) is 0 Å². The Morgan fingerprint density at radius 2 is 2.18 bits per heavy atom. The summed E-state index contributed by atoms with van der Waals surface area (Å²) in [5, 5.41) is 0. The lowest BCUT2D eigenvalue weighted by Crippen LogP contribution is -2.50. The molecule has 1 saturated heterocycles. The molecule has 66 valence electrons. The number of piperazine rings is 1. The molecule has 0 spiro atoms. The van der Waals surface area contributed by atoms with Crippen molar-refractivity contribution in [1.29, 1.82) is 0 Å². The molecule has 3 heteroatoms. The number of likely N-dealkylation sites (N-methyl/N-ethyl adjacent to an activating group) is 1. The molecule has 1 atom stereocenters. The van der Waals surface area contributed by atoms with Gasteiger partial charge in [0.05, 0.1) is 0 Å². The molecule has 0 bridgehead atoms. The minimum atomic E-state index is -0.212. The van der Waals surface area contributed by atoms with E-state index in [1.807, 2.05) is 0 Å². The van der Waals surface area contributed by atoms with E-state index in [4.69, 9.17) is 0 Å². The van der Waals surface area contributed by atoms with Crippen molar-refractivity contribution in [2.24, 2.45) is 0 Å². The molecule has 0 N–H and O–H groups in total. The predicted octanol–water partition coefficient (Wildman–Crippen LogP) is 0.592. The summed E-state index contributed by atoms with van der Waals surface area (Å²) < 4.78 is 11.9. The van der Waals surface area contributed by atoms with Crippen LogP contribution in [0.3, 0.4) is 0 Å². The fraction of sp³-hybridized carbons (Fsp3) is 1.00. The molecule has 1 heterocycles. The van der Waals surface area contributed by atoms with Gasteiger partial charge in [-0.2, -0.15) is 0 Å². The molecule has 0 aromatic heterocycles. The van der Waals surface area contributed by atoms with Crippen LogP contribution >= 0.6 is 0 Å². The van der Waals surface area contributed by atoms with Crippen LogP contribution in [-0.4, -0.2) is 55.7 Å². The molecule has 0 aromatic rings. The summed E-state index contributed by atoms with van der Waals surface area (Å²) >= 11 is 0. The van der Waals surface area contributed by atoms with Crippen LogP contribution in [-0.2, 0) is 0 Å². The van der Waals surface area contributed by atoms with Crippen molar-refractivity contribution in [2.45, 2.75) is 13.0 Å². The van der Waals surface area contributed by atoms with E-state index in [2.05, 4.69) is 23.8 Å². The van der Waals surface area contributed by atoms with Gasteiger partial charge in [0.1, 0.15) is 6.67 Å². The minimum Gasteiger partial charge on any atom is -0.301 e. The summed E-state index contributed by atoms with van der Waals surface area (Å²) in [4.78, 5) is 4.50. The van der Waals surface area contributed by atoms with Gasteiger partial charge < -0.3 is 4.90 Å². The Morgan fingerprint density at radius 1 is 1.45 bits per heavy atom. The van der Waals surface area contributed by atoms with Crippen molar-refractivity contribution in [3.63, 3.8) is 0 Å². The maximum atomic E-state index is 11.9. The Balaban J connectivity index is 2.28. The van der Waals surface area contributed by atoms with Crippen LogP contribution < -0.4 is 0 Å². The zero-order valence-electron chi connectivity index (χ0n) is 7.39. The largest absolute Gasteiger partial charge is 0.301 e. The number of rotatable bonds is 2. The highest BCUT2D eigenvalue weighted by Gasteiger charge is 2.19. The summed E-state index contributed by atoms with van der Waals surface area (Å²) in [6.07, 6.45) is 0. The van der Waals surface area contributed by atoms with Crippen molar-refractivity contribution >= 4 is 0 Å². The number of nitrogens with zero attached hydrogens (tertiary/aromatic N) is 2. The van der Waals surface area contributed by atoms with Crippen molar-refractivity contribution < 1.29 is 4.39 Å². The Hall–Kier alpha value is -0.150. The highest BCUT2D eigenvalue weighted by Crippen LogP contribution is 2.05. The highest BCUT2D eigenvalue weighted by atomic mass is 19.1. The van der Waals surface area contributed by atoms with Gasteiger partial charge in [0.25, 0.3) is 0 Å². The molecule has 1 rings (SSSR count). The Labute approximate surface area is 68.0 Å². The van der Waals surface area contributed by atoms with Crippen LogP contribution in [0, 0.1) is 0 Å². The van der Waals surface area contributed by atoms with Crippen LogP contribution in [0.5, 0.6) is 0 Å². The second-order valence-corrected chi connectivity index (χ2v) is 3.32. The van der Waals surface area contributed by atoms with E-state index in [1.54, 1.807) is 0 Å². The molecule has 0 radical (unpaired) electrons. The first-order chi connectivity index (χ1) is 5.24. The van der Waals surface area contributed by atoms with Crippen molar-refractivity contribution in [3.8, 4) is 0 Å². The quantitative estimate of drug-likeness (QED) is 0.583. The van der Waals surface area contributed by atoms with Gasteiger partial charge in [0, 0.05) is 32.2 Å². The molecular weight excluding hydrogens is 143 g/mol.